The standard InChI is InChI=1S/C47H28N4O/c1-5-17-39-31(11-1)32-12-2-6-18-40(32)50(39)29-21-23-35-43(27-29)52-44-28-30(51-41-19-7-3-13-33(41)34-14-4-8-20-42(34)51)22-24-36(44)47(35)37-15-9-25-48-45(37)46-38(47)16-10-26-49-46/h1-28H. The van der Waals surface area contributed by atoms with Crippen molar-refractivity contribution in [2.45, 2.75) is 5.41 Å². The molecule has 0 amide bonds. The second-order valence-corrected chi connectivity index (χ2v) is 13.8. The van der Waals surface area contributed by atoms with E-state index in [1.54, 1.807) is 0 Å². The van der Waals surface area contributed by atoms with Crippen molar-refractivity contribution in [3.63, 3.8) is 0 Å². The summed E-state index contributed by atoms with van der Waals surface area (Å²) in [6.07, 6.45) is 3.74. The highest BCUT2D eigenvalue weighted by Gasteiger charge is 2.52. The predicted molar refractivity (Wildman–Crippen MR) is 208 cm³/mol. The van der Waals surface area contributed by atoms with E-state index in [2.05, 4.69) is 155 Å². The second-order valence-electron chi connectivity index (χ2n) is 13.8. The summed E-state index contributed by atoms with van der Waals surface area (Å²) in [6, 6.07) is 56.5. The third kappa shape index (κ3) is 3.42. The summed E-state index contributed by atoms with van der Waals surface area (Å²) in [6.45, 7) is 0. The van der Waals surface area contributed by atoms with Crippen LogP contribution in [0.5, 0.6) is 11.5 Å². The maximum absolute atomic E-state index is 7.15. The van der Waals surface area contributed by atoms with E-state index >= 15 is 0 Å². The SMILES string of the molecule is c1cnc2c(c1)C1(c3ccc(-n4c5ccccc5c5ccccc54)cc3Oc3cc(-n4c5ccccc5c5ccccc54)ccc31)c1cccnc1-2. The van der Waals surface area contributed by atoms with E-state index in [0.717, 1.165) is 78.6 Å². The van der Waals surface area contributed by atoms with Gasteiger partial charge in [-0.25, -0.2) is 0 Å². The van der Waals surface area contributed by atoms with Crippen LogP contribution in [0.3, 0.4) is 0 Å². The van der Waals surface area contributed by atoms with Gasteiger partial charge in [-0.05, 0) is 59.7 Å². The van der Waals surface area contributed by atoms with E-state index < -0.39 is 5.41 Å². The third-order valence-corrected chi connectivity index (χ3v) is 11.3. The first-order valence-corrected chi connectivity index (χ1v) is 17.7. The topological polar surface area (TPSA) is 44.9 Å². The Labute approximate surface area is 298 Å². The first-order chi connectivity index (χ1) is 25.8. The summed E-state index contributed by atoms with van der Waals surface area (Å²) in [4.78, 5) is 9.88. The van der Waals surface area contributed by atoms with Crippen LogP contribution in [0.2, 0.25) is 0 Å². The van der Waals surface area contributed by atoms with E-state index in [9.17, 15) is 0 Å². The zero-order valence-corrected chi connectivity index (χ0v) is 27.9. The largest absolute Gasteiger partial charge is 0.457 e. The molecule has 10 aromatic rings. The van der Waals surface area contributed by atoms with Gasteiger partial charge in [-0.1, -0.05) is 97.1 Å². The molecule has 242 valence electrons. The maximum atomic E-state index is 7.15. The van der Waals surface area contributed by atoms with Gasteiger partial charge in [-0.3, -0.25) is 9.97 Å². The summed E-state index contributed by atoms with van der Waals surface area (Å²) in [7, 11) is 0. The summed E-state index contributed by atoms with van der Waals surface area (Å²) in [5.74, 6) is 1.63. The number of ether oxygens (including phenoxy) is 1. The van der Waals surface area contributed by atoms with Crippen LogP contribution in [-0.2, 0) is 5.41 Å². The Morgan fingerprint density at radius 2 is 0.769 bits per heavy atom. The Morgan fingerprint density at radius 3 is 1.17 bits per heavy atom. The molecule has 4 aromatic heterocycles. The summed E-state index contributed by atoms with van der Waals surface area (Å²) < 4.78 is 11.9. The highest BCUT2D eigenvalue weighted by molar-refractivity contribution is 6.10. The summed E-state index contributed by atoms with van der Waals surface area (Å²) >= 11 is 0. The fourth-order valence-corrected chi connectivity index (χ4v) is 9.27. The molecule has 0 atom stereocenters. The predicted octanol–water partition coefficient (Wildman–Crippen LogP) is 11.1. The number of para-hydroxylation sites is 4. The number of pyridine rings is 2. The highest BCUT2D eigenvalue weighted by Crippen LogP contribution is 2.61. The number of aromatic nitrogens is 4. The first-order valence-electron chi connectivity index (χ1n) is 17.7. The Kier molecular flexibility index (Phi) is 5.37. The van der Waals surface area contributed by atoms with Crippen molar-refractivity contribution in [1.82, 2.24) is 19.1 Å². The molecule has 52 heavy (non-hydrogen) atoms. The lowest BCUT2D eigenvalue weighted by Crippen LogP contribution is -2.32. The van der Waals surface area contributed by atoms with Crippen LogP contribution in [0.15, 0.2) is 170 Å². The number of benzene rings is 6. The number of hydrogen-bond acceptors (Lipinski definition) is 3. The van der Waals surface area contributed by atoms with Crippen molar-refractivity contribution < 1.29 is 4.74 Å². The number of fused-ring (bicyclic) bond motifs is 15. The molecular formula is C47H28N4O. The van der Waals surface area contributed by atoms with E-state index in [4.69, 9.17) is 14.7 Å². The van der Waals surface area contributed by atoms with Gasteiger partial charge < -0.3 is 13.9 Å². The molecule has 0 fully saturated rings. The molecule has 0 radical (unpaired) electrons. The Hall–Kier alpha value is -6.98. The molecule has 1 spiro atoms. The Balaban J connectivity index is 1.16. The van der Waals surface area contributed by atoms with Crippen LogP contribution in [0.25, 0.3) is 66.4 Å². The molecule has 12 rings (SSSR count). The fourth-order valence-electron chi connectivity index (χ4n) is 9.27. The zero-order chi connectivity index (χ0) is 34.0. The summed E-state index contributed by atoms with van der Waals surface area (Å²) in [5.41, 5.74) is 12.3. The number of hydrogen-bond donors (Lipinski definition) is 0. The van der Waals surface area contributed by atoms with Crippen LogP contribution in [0.1, 0.15) is 22.3 Å². The lowest BCUT2D eigenvalue weighted by Gasteiger charge is -2.39. The molecule has 2 aliphatic rings. The molecule has 0 saturated carbocycles. The van der Waals surface area contributed by atoms with Gasteiger partial charge in [0.2, 0.25) is 0 Å². The molecular weight excluding hydrogens is 637 g/mol. The van der Waals surface area contributed by atoms with Crippen molar-refractivity contribution in [3.8, 4) is 34.3 Å². The smallest absolute Gasteiger partial charge is 0.134 e. The fraction of sp³-hybridized carbons (Fsp3) is 0.0213. The van der Waals surface area contributed by atoms with Crippen LogP contribution in [0.4, 0.5) is 0 Å². The van der Waals surface area contributed by atoms with E-state index in [1.807, 2.05) is 24.5 Å². The van der Waals surface area contributed by atoms with Crippen LogP contribution < -0.4 is 4.74 Å². The Morgan fingerprint density at radius 1 is 0.385 bits per heavy atom. The van der Waals surface area contributed by atoms with Gasteiger partial charge in [-0.15, -0.1) is 0 Å². The third-order valence-electron chi connectivity index (χ3n) is 11.3. The van der Waals surface area contributed by atoms with Crippen molar-refractivity contribution in [2.24, 2.45) is 0 Å². The van der Waals surface area contributed by atoms with E-state index in [1.165, 1.54) is 21.5 Å². The van der Waals surface area contributed by atoms with Gasteiger partial charge >= 0.3 is 0 Å². The molecule has 0 N–H and O–H groups in total. The average Bonchev–Trinajstić information content (AvgIpc) is 3.83. The molecule has 5 nitrogen and oxygen atoms in total. The van der Waals surface area contributed by atoms with E-state index in [0.29, 0.717) is 0 Å². The van der Waals surface area contributed by atoms with Gasteiger partial charge in [0.25, 0.3) is 0 Å². The average molecular weight is 665 g/mol. The molecule has 0 unspecified atom stereocenters. The van der Waals surface area contributed by atoms with Gasteiger partial charge in [0.1, 0.15) is 11.5 Å². The van der Waals surface area contributed by atoms with Gasteiger partial charge in [-0.2, -0.15) is 0 Å². The Bertz CT molecular complexity index is 2810. The van der Waals surface area contributed by atoms with Crippen molar-refractivity contribution in [1.29, 1.82) is 0 Å². The van der Waals surface area contributed by atoms with E-state index in [-0.39, 0.29) is 0 Å². The molecule has 1 aliphatic carbocycles. The monoisotopic (exact) mass is 664 g/mol. The molecule has 5 heterocycles. The number of nitrogens with zero attached hydrogens (tertiary/aromatic N) is 4. The number of rotatable bonds is 2. The maximum Gasteiger partial charge on any atom is 0.134 e. The van der Waals surface area contributed by atoms with Crippen LogP contribution in [-0.4, -0.2) is 19.1 Å². The lowest BCUT2D eigenvalue weighted by atomic mass is 9.66. The molecule has 0 bridgehead atoms. The van der Waals surface area contributed by atoms with Crippen LogP contribution in [0, 0.1) is 0 Å². The first kappa shape index (κ1) is 27.8. The van der Waals surface area contributed by atoms with Crippen LogP contribution >= 0.6 is 0 Å². The second kappa shape index (κ2) is 10.1. The molecule has 5 heteroatoms. The molecule has 0 saturated heterocycles. The lowest BCUT2D eigenvalue weighted by molar-refractivity contribution is 0.436. The quantitative estimate of drug-likeness (QED) is 0.185. The minimum Gasteiger partial charge on any atom is -0.457 e. The normalized spacial score (nSPS) is 13.7. The molecule has 6 aromatic carbocycles. The van der Waals surface area contributed by atoms with Crippen molar-refractivity contribution >= 4 is 43.6 Å². The van der Waals surface area contributed by atoms with Gasteiger partial charge in [0, 0.05) is 68.6 Å². The van der Waals surface area contributed by atoms with Crippen molar-refractivity contribution in [2.75, 3.05) is 0 Å². The van der Waals surface area contributed by atoms with Crippen molar-refractivity contribution in [3.05, 3.63) is 192 Å². The zero-order valence-electron chi connectivity index (χ0n) is 27.9. The van der Waals surface area contributed by atoms with Gasteiger partial charge in [0.15, 0.2) is 0 Å². The van der Waals surface area contributed by atoms with Gasteiger partial charge in [0.05, 0.1) is 38.9 Å². The highest BCUT2D eigenvalue weighted by atomic mass is 16.5. The minimum atomic E-state index is -0.672. The molecule has 1 aliphatic heterocycles. The minimum absolute atomic E-state index is 0.672. The summed E-state index contributed by atoms with van der Waals surface area (Å²) in [5, 5.41) is 4.91.